The molecule has 3 nitrogen and oxygen atoms in total. The van der Waals surface area contributed by atoms with Gasteiger partial charge in [-0.1, -0.05) is 11.6 Å². The third-order valence-corrected chi connectivity index (χ3v) is 2.59. The summed E-state index contributed by atoms with van der Waals surface area (Å²) in [6.07, 6.45) is 3.96. The largest absolute Gasteiger partial charge is 0.303 e. The van der Waals surface area contributed by atoms with Crippen molar-refractivity contribution in [3.05, 3.63) is 4.91 Å². The fourth-order valence-electron chi connectivity index (χ4n) is 1.86. The van der Waals surface area contributed by atoms with Crippen molar-refractivity contribution >= 4 is 6.29 Å². The minimum absolute atomic E-state index is 0.0858. The highest BCUT2D eigenvalue weighted by atomic mass is 16.3. The molecule has 0 N–H and O–H groups in total. The van der Waals surface area contributed by atoms with E-state index in [-0.39, 0.29) is 17.9 Å². The van der Waals surface area contributed by atoms with E-state index in [1.165, 1.54) is 0 Å². The lowest BCUT2D eigenvalue weighted by Crippen LogP contribution is -2.19. The fraction of sp³-hybridized carbons (Fsp3) is 0.875. The van der Waals surface area contributed by atoms with Crippen LogP contribution in [0.4, 0.5) is 0 Å². The second-order valence-corrected chi connectivity index (χ2v) is 3.24. The molecule has 1 saturated carbocycles. The lowest BCUT2D eigenvalue weighted by Gasteiger charge is -2.15. The molecule has 0 aliphatic heterocycles. The van der Waals surface area contributed by atoms with Crippen molar-refractivity contribution in [1.29, 1.82) is 0 Å². The first-order valence-corrected chi connectivity index (χ1v) is 4.07. The number of nitrogens with zero attached hydrogens (tertiary/aromatic N) is 1. The summed E-state index contributed by atoms with van der Waals surface area (Å²) in [5.74, 6) is 0.299. The van der Waals surface area contributed by atoms with E-state index < -0.39 is 0 Å². The van der Waals surface area contributed by atoms with Gasteiger partial charge >= 0.3 is 0 Å². The molecule has 0 spiro atoms. The SMILES string of the molecule is CC(N=O)C1CCCC1C=O. The number of rotatable bonds is 3. The Balaban J connectivity index is 2.55. The summed E-state index contributed by atoms with van der Waals surface area (Å²) in [6, 6.07) is -0.187. The molecular formula is C8H13NO2. The molecule has 0 heterocycles. The monoisotopic (exact) mass is 155 g/mol. The van der Waals surface area contributed by atoms with Crippen LogP contribution in [-0.2, 0) is 4.79 Å². The maximum Gasteiger partial charge on any atom is 0.123 e. The Labute approximate surface area is 66.1 Å². The number of carbonyl (C=O) groups excluding carboxylic acids is 1. The minimum atomic E-state index is -0.187. The van der Waals surface area contributed by atoms with Crippen molar-refractivity contribution < 1.29 is 4.79 Å². The van der Waals surface area contributed by atoms with Gasteiger partial charge < -0.3 is 4.79 Å². The highest BCUT2D eigenvalue weighted by Gasteiger charge is 2.31. The molecule has 0 aromatic rings. The zero-order valence-corrected chi connectivity index (χ0v) is 6.69. The quantitative estimate of drug-likeness (QED) is 0.460. The van der Waals surface area contributed by atoms with Gasteiger partial charge in [0.2, 0.25) is 0 Å². The van der Waals surface area contributed by atoms with Crippen molar-refractivity contribution in [3.63, 3.8) is 0 Å². The summed E-state index contributed by atoms with van der Waals surface area (Å²) in [6.45, 7) is 1.79. The van der Waals surface area contributed by atoms with Crippen LogP contribution in [0.2, 0.25) is 0 Å². The van der Waals surface area contributed by atoms with Gasteiger partial charge in [-0.2, -0.15) is 4.91 Å². The second kappa shape index (κ2) is 3.60. The van der Waals surface area contributed by atoms with Gasteiger partial charge in [-0.05, 0) is 25.7 Å². The summed E-state index contributed by atoms with van der Waals surface area (Å²) in [4.78, 5) is 20.7. The third-order valence-electron chi connectivity index (χ3n) is 2.59. The Morgan fingerprint density at radius 3 is 2.82 bits per heavy atom. The molecular weight excluding hydrogens is 142 g/mol. The van der Waals surface area contributed by atoms with E-state index in [4.69, 9.17) is 0 Å². The van der Waals surface area contributed by atoms with Gasteiger partial charge in [-0.15, -0.1) is 0 Å². The first-order chi connectivity index (χ1) is 5.29. The first-order valence-electron chi connectivity index (χ1n) is 4.07. The van der Waals surface area contributed by atoms with Crippen LogP contribution in [0.25, 0.3) is 0 Å². The first kappa shape index (κ1) is 8.37. The van der Waals surface area contributed by atoms with Gasteiger partial charge in [-0.3, -0.25) is 0 Å². The molecule has 1 aliphatic carbocycles. The molecule has 0 saturated heterocycles. The average molecular weight is 155 g/mol. The van der Waals surface area contributed by atoms with Crippen molar-refractivity contribution in [3.8, 4) is 0 Å². The number of hydrogen-bond acceptors (Lipinski definition) is 3. The standard InChI is InChI=1S/C8H13NO2/c1-6(9-11)8-4-2-3-7(8)5-10/h5-8H,2-4H2,1H3. The Morgan fingerprint density at radius 2 is 2.27 bits per heavy atom. The molecule has 0 radical (unpaired) electrons. The Bertz CT molecular complexity index is 158. The maximum absolute atomic E-state index is 10.5. The maximum atomic E-state index is 10.5. The number of hydrogen-bond donors (Lipinski definition) is 0. The molecule has 1 aliphatic rings. The van der Waals surface area contributed by atoms with E-state index in [2.05, 4.69) is 5.18 Å². The second-order valence-electron chi connectivity index (χ2n) is 3.24. The molecule has 3 atom stereocenters. The fourth-order valence-corrected chi connectivity index (χ4v) is 1.86. The number of aldehydes is 1. The van der Waals surface area contributed by atoms with Gasteiger partial charge in [0.05, 0.1) is 6.04 Å². The summed E-state index contributed by atoms with van der Waals surface area (Å²) < 4.78 is 0. The van der Waals surface area contributed by atoms with Gasteiger partial charge in [0.15, 0.2) is 0 Å². The molecule has 0 bridgehead atoms. The predicted octanol–water partition coefficient (Wildman–Crippen LogP) is 1.76. The Morgan fingerprint density at radius 1 is 1.55 bits per heavy atom. The molecule has 3 heteroatoms. The molecule has 0 amide bonds. The Hall–Kier alpha value is -0.730. The molecule has 1 rings (SSSR count). The van der Waals surface area contributed by atoms with Crippen molar-refractivity contribution in [2.24, 2.45) is 17.0 Å². The van der Waals surface area contributed by atoms with E-state index in [9.17, 15) is 9.70 Å². The van der Waals surface area contributed by atoms with Gasteiger partial charge in [0.1, 0.15) is 6.29 Å². The van der Waals surface area contributed by atoms with E-state index >= 15 is 0 Å². The van der Waals surface area contributed by atoms with Crippen LogP contribution in [0.3, 0.4) is 0 Å². The van der Waals surface area contributed by atoms with Crippen LogP contribution in [-0.4, -0.2) is 12.3 Å². The van der Waals surface area contributed by atoms with Crippen LogP contribution >= 0.6 is 0 Å². The molecule has 11 heavy (non-hydrogen) atoms. The average Bonchev–Trinajstić information content (AvgIpc) is 2.50. The lowest BCUT2D eigenvalue weighted by atomic mass is 9.91. The summed E-state index contributed by atoms with van der Waals surface area (Å²) in [5.41, 5.74) is 0. The van der Waals surface area contributed by atoms with Crippen molar-refractivity contribution in [2.45, 2.75) is 32.2 Å². The molecule has 1 fully saturated rings. The smallest absolute Gasteiger partial charge is 0.123 e. The number of carbonyl (C=O) groups is 1. The molecule has 0 aromatic carbocycles. The van der Waals surface area contributed by atoms with Crippen LogP contribution in [0.1, 0.15) is 26.2 Å². The van der Waals surface area contributed by atoms with Crippen LogP contribution in [0, 0.1) is 16.7 Å². The minimum Gasteiger partial charge on any atom is -0.303 e. The predicted molar refractivity (Wildman–Crippen MR) is 42.2 cm³/mol. The van der Waals surface area contributed by atoms with Crippen LogP contribution in [0.15, 0.2) is 5.18 Å². The van der Waals surface area contributed by atoms with E-state index in [1.807, 2.05) is 0 Å². The van der Waals surface area contributed by atoms with Crippen molar-refractivity contribution in [2.75, 3.05) is 0 Å². The highest BCUT2D eigenvalue weighted by Crippen LogP contribution is 2.33. The molecule has 0 aromatic heterocycles. The normalized spacial score (nSPS) is 33.2. The van der Waals surface area contributed by atoms with E-state index in [1.54, 1.807) is 6.92 Å². The van der Waals surface area contributed by atoms with E-state index in [0.717, 1.165) is 25.5 Å². The number of nitroso groups, excluding NO2 is 1. The molecule has 3 unspecified atom stereocenters. The zero-order chi connectivity index (χ0) is 8.27. The lowest BCUT2D eigenvalue weighted by molar-refractivity contribution is -0.112. The summed E-state index contributed by atoms with van der Waals surface area (Å²) in [5, 5.41) is 2.96. The van der Waals surface area contributed by atoms with Gasteiger partial charge in [0, 0.05) is 5.92 Å². The van der Waals surface area contributed by atoms with Crippen LogP contribution < -0.4 is 0 Å². The van der Waals surface area contributed by atoms with Gasteiger partial charge in [-0.25, -0.2) is 0 Å². The summed E-state index contributed by atoms with van der Waals surface area (Å²) >= 11 is 0. The summed E-state index contributed by atoms with van der Waals surface area (Å²) in [7, 11) is 0. The highest BCUT2D eigenvalue weighted by molar-refractivity contribution is 5.54. The topological polar surface area (TPSA) is 46.5 Å². The van der Waals surface area contributed by atoms with Crippen molar-refractivity contribution in [1.82, 2.24) is 0 Å². The third kappa shape index (κ3) is 1.64. The Kier molecular flexibility index (Phi) is 2.74. The van der Waals surface area contributed by atoms with E-state index in [0.29, 0.717) is 0 Å². The van der Waals surface area contributed by atoms with Gasteiger partial charge in [0.25, 0.3) is 0 Å². The molecule has 62 valence electrons. The zero-order valence-electron chi connectivity index (χ0n) is 6.69. The van der Waals surface area contributed by atoms with Crippen LogP contribution in [0.5, 0.6) is 0 Å².